The van der Waals surface area contributed by atoms with Gasteiger partial charge in [-0.3, -0.25) is 9.59 Å². The van der Waals surface area contributed by atoms with Crippen molar-refractivity contribution in [2.45, 2.75) is 109 Å². The quantitative estimate of drug-likeness (QED) is 0.181. The van der Waals surface area contributed by atoms with E-state index in [9.17, 15) is 18.4 Å². The Morgan fingerprint density at radius 3 is 2.45 bits per heavy atom. The van der Waals surface area contributed by atoms with Crippen molar-refractivity contribution in [2.24, 2.45) is 0 Å². The standard InChI is InChI=1S/C38H45F2N7O2/c1-21(2)46-20-42-31-19-30(45-34(33(31)46)44-25-9-7-22(3)28(18-25)35(48)41-6)23-8-10-29-32(15-23)47(36(49)37(29,4)5)27-16-26(17-27)43-24-11-13-38(39,40)14-12-24/h7-10,15,18-21,24,26-27,43H,11-14,16-17H2,1-6H3,(H,41,48)(H,44,45)/t26-,27+. The van der Waals surface area contributed by atoms with Crippen molar-refractivity contribution < 1.29 is 18.4 Å². The fourth-order valence-corrected chi connectivity index (χ4v) is 7.68. The zero-order valence-electron chi connectivity index (χ0n) is 29.0. The summed E-state index contributed by atoms with van der Waals surface area (Å²) < 4.78 is 29.5. The van der Waals surface area contributed by atoms with Crippen molar-refractivity contribution in [3.8, 4) is 11.3 Å². The number of imidazole rings is 1. The van der Waals surface area contributed by atoms with Gasteiger partial charge in [-0.05, 0) is 95.7 Å². The van der Waals surface area contributed by atoms with Gasteiger partial charge in [-0.15, -0.1) is 0 Å². The maximum Gasteiger partial charge on any atom is 0.251 e. The fourth-order valence-electron chi connectivity index (χ4n) is 7.68. The number of alkyl halides is 2. The Morgan fingerprint density at radius 2 is 1.76 bits per heavy atom. The maximum absolute atomic E-state index is 13.9. The number of aryl methyl sites for hydroxylation is 1. The summed E-state index contributed by atoms with van der Waals surface area (Å²) in [6, 6.07) is 14.3. The van der Waals surface area contributed by atoms with Crippen LogP contribution in [0.25, 0.3) is 22.3 Å². The molecule has 0 bridgehead atoms. The highest BCUT2D eigenvalue weighted by Crippen LogP contribution is 2.47. The van der Waals surface area contributed by atoms with E-state index in [1.54, 1.807) is 7.05 Å². The van der Waals surface area contributed by atoms with Crippen LogP contribution in [0, 0.1) is 6.92 Å². The van der Waals surface area contributed by atoms with Gasteiger partial charge in [0.2, 0.25) is 11.8 Å². The van der Waals surface area contributed by atoms with Gasteiger partial charge >= 0.3 is 0 Å². The van der Waals surface area contributed by atoms with Crippen LogP contribution in [-0.4, -0.2) is 57.4 Å². The molecule has 9 nitrogen and oxygen atoms in total. The number of carbonyl (C=O) groups excluding carboxylic acids is 2. The number of nitrogens with one attached hydrogen (secondary N) is 3. The number of hydrogen-bond acceptors (Lipinski definition) is 6. The van der Waals surface area contributed by atoms with Gasteiger partial charge in [-0.2, -0.15) is 0 Å². The van der Waals surface area contributed by atoms with Crippen LogP contribution in [0.5, 0.6) is 0 Å². The molecule has 2 aromatic carbocycles. The van der Waals surface area contributed by atoms with Crippen LogP contribution in [0.2, 0.25) is 0 Å². The van der Waals surface area contributed by atoms with Gasteiger partial charge in [0.25, 0.3) is 5.91 Å². The topological polar surface area (TPSA) is 104 Å². The van der Waals surface area contributed by atoms with Crippen molar-refractivity contribution in [3.05, 3.63) is 65.5 Å². The van der Waals surface area contributed by atoms with E-state index in [4.69, 9.17) is 9.97 Å². The predicted molar refractivity (Wildman–Crippen MR) is 189 cm³/mol. The molecule has 0 atom stereocenters. The van der Waals surface area contributed by atoms with Crippen molar-refractivity contribution in [3.63, 3.8) is 0 Å². The number of benzene rings is 2. The number of nitrogens with zero attached hydrogens (tertiary/aromatic N) is 4. The minimum Gasteiger partial charge on any atom is -0.355 e. The molecule has 0 saturated heterocycles. The third-order valence-electron chi connectivity index (χ3n) is 10.7. The average molecular weight is 670 g/mol. The number of anilines is 3. The molecule has 11 heteroatoms. The molecule has 2 amide bonds. The Bertz CT molecular complexity index is 1940. The van der Waals surface area contributed by atoms with Crippen LogP contribution in [0.3, 0.4) is 0 Å². The molecule has 2 aliphatic carbocycles. The van der Waals surface area contributed by atoms with Gasteiger partial charge in [0.15, 0.2) is 5.82 Å². The normalized spacial score (nSPS) is 21.6. The highest BCUT2D eigenvalue weighted by atomic mass is 19.3. The molecule has 0 spiro atoms. The van der Waals surface area contributed by atoms with Crippen molar-refractivity contribution in [2.75, 3.05) is 17.3 Å². The lowest BCUT2D eigenvalue weighted by Gasteiger charge is -2.44. The smallest absolute Gasteiger partial charge is 0.251 e. The molecule has 2 fully saturated rings. The first-order valence-electron chi connectivity index (χ1n) is 17.4. The SMILES string of the molecule is CNC(=O)c1cc(Nc2nc(-c3ccc4c(c3)N([C@H]3C[C@@H](NC5CCC(F)(F)CC5)C3)C(=O)C4(C)C)cc3ncn(C(C)C)c23)ccc1C. The predicted octanol–water partition coefficient (Wildman–Crippen LogP) is 7.41. The van der Waals surface area contributed by atoms with E-state index < -0.39 is 11.3 Å². The first-order valence-corrected chi connectivity index (χ1v) is 17.4. The number of rotatable bonds is 8. The lowest BCUT2D eigenvalue weighted by atomic mass is 9.82. The molecule has 2 saturated carbocycles. The highest BCUT2D eigenvalue weighted by Gasteiger charge is 2.49. The molecule has 3 N–H and O–H groups in total. The van der Waals surface area contributed by atoms with E-state index in [2.05, 4.69) is 40.4 Å². The van der Waals surface area contributed by atoms with Gasteiger partial charge in [-0.25, -0.2) is 18.7 Å². The van der Waals surface area contributed by atoms with Crippen LogP contribution >= 0.6 is 0 Å². The Balaban J connectivity index is 1.20. The lowest BCUT2D eigenvalue weighted by Crippen LogP contribution is -2.57. The minimum atomic E-state index is -2.54. The third kappa shape index (κ3) is 5.96. The van der Waals surface area contributed by atoms with Gasteiger partial charge in [0.1, 0.15) is 5.52 Å². The molecule has 3 aliphatic rings. The van der Waals surface area contributed by atoms with Crippen molar-refractivity contribution >= 4 is 40.0 Å². The van der Waals surface area contributed by atoms with Gasteiger partial charge in [0.05, 0.1) is 23.0 Å². The van der Waals surface area contributed by atoms with Crippen LogP contribution in [0.1, 0.15) is 93.7 Å². The van der Waals surface area contributed by atoms with E-state index in [0.29, 0.717) is 29.9 Å². The molecular formula is C38H45F2N7O2. The summed E-state index contributed by atoms with van der Waals surface area (Å²) in [5.74, 6) is -2.01. The summed E-state index contributed by atoms with van der Waals surface area (Å²) in [6.07, 6.45) is 4.25. The molecular weight excluding hydrogens is 624 g/mol. The zero-order chi connectivity index (χ0) is 34.8. The number of halogens is 2. The van der Waals surface area contributed by atoms with Crippen LogP contribution in [-0.2, 0) is 10.2 Å². The van der Waals surface area contributed by atoms with Gasteiger partial charge < -0.3 is 25.4 Å². The molecule has 2 aromatic heterocycles. The van der Waals surface area contributed by atoms with Crippen molar-refractivity contribution in [1.29, 1.82) is 0 Å². The summed E-state index contributed by atoms with van der Waals surface area (Å²) in [7, 11) is 1.62. The largest absolute Gasteiger partial charge is 0.355 e. The maximum atomic E-state index is 13.9. The second-order valence-electron chi connectivity index (χ2n) is 14.9. The van der Waals surface area contributed by atoms with E-state index >= 15 is 0 Å². The zero-order valence-corrected chi connectivity index (χ0v) is 29.0. The summed E-state index contributed by atoms with van der Waals surface area (Å²) in [5.41, 5.74) is 6.60. The Labute approximate surface area is 285 Å². The van der Waals surface area contributed by atoms with E-state index in [1.165, 1.54) is 0 Å². The molecule has 1 aliphatic heterocycles. The molecule has 3 heterocycles. The summed E-state index contributed by atoms with van der Waals surface area (Å²) in [4.78, 5) is 38.3. The van der Waals surface area contributed by atoms with Gasteiger partial charge in [-0.1, -0.05) is 18.2 Å². The molecule has 0 unspecified atom stereocenters. The monoisotopic (exact) mass is 669 g/mol. The molecule has 49 heavy (non-hydrogen) atoms. The molecule has 0 radical (unpaired) electrons. The second kappa shape index (κ2) is 12.2. The van der Waals surface area contributed by atoms with E-state index in [0.717, 1.165) is 51.9 Å². The average Bonchev–Trinajstić information content (AvgIpc) is 3.57. The van der Waals surface area contributed by atoms with Crippen LogP contribution < -0.4 is 20.9 Å². The van der Waals surface area contributed by atoms with Crippen LogP contribution in [0.15, 0.2) is 48.8 Å². The Kier molecular flexibility index (Phi) is 8.24. The number of aromatic nitrogens is 3. The number of carbonyl (C=O) groups is 2. The fraction of sp³-hybridized carbons (Fsp3) is 0.474. The third-order valence-corrected chi connectivity index (χ3v) is 10.7. The summed E-state index contributed by atoms with van der Waals surface area (Å²) in [6.45, 7) is 10.0. The molecule has 4 aromatic rings. The highest BCUT2D eigenvalue weighted by molar-refractivity contribution is 6.09. The molecule has 258 valence electrons. The van der Waals surface area contributed by atoms with Crippen molar-refractivity contribution in [1.82, 2.24) is 25.2 Å². The number of fused-ring (bicyclic) bond motifs is 2. The van der Waals surface area contributed by atoms with Gasteiger partial charge in [0, 0.05) is 66.6 Å². The summed E-state index contributed by atoms with van der Waals surface area (Å²) in [5, 5.41) is 9.79. The first-order chi connectivity index (χ1) is 23.3. The lowest BCUT2D eigenvalue weighted by molar-refractivity contribution is -0.123. The first kappa shape index (κ1) is 33.1. The Morgan fingerprint density at radius 1 is 1.02 bits per heavy atom. The number of amides is 2. The number of pyridine rings is 1. The van der Waals surface area contributed by atoms with Crippen LogP contribution in [0.4, 0.5) is 26.0 Å². The van der Waals surface area contributed by atoms with E-state index in [-0.39, 0.29) is 48.8 Å². The second-order valence-corrected chi connectivity index (χ2v) is 14.9. The number of hydrogen-bond donors (Lipinski definition) is 3. The summed E-state index contributed by atoms with van der Waals surface area (Å²) >= 11 is 0. The molecule has 7 rings (SSSR count). The minimum absolute atomic E-state index is 0.0382. The van der Waals surface area contributed by atoms with E-state index in [1.807, 2.05) is 68.4 Å². The Hall–Kier alpha value is -4.38.